The lowest BCUT2D eigenvalue weighted by Crippen LogP contribution is -2.39. The number of hydrogen-bond acceptors (Lipinski definition) is 2. The Bertz CT molecular complexity index is 333. The highest BCUT2D eigenvalue weighted by Crippen LogP contribution is 2.43. The molecule has 1 fully saturated rings. The maximum atomic E-state index is 13.0. The van der Waals surface area contributed by atoms with E-state index in [2.05, 4.69) is 0 Å². The fraction of sp³-hybridized carbons (Fsp3) is 0.929. The number of carbonyl (C=O) groups excluding carboxylic acids is 1. The Morgan fingerprint density at radius 2 is 1.67 bits per heavy atom. The number of ether oxygens (including phenoxy) is 1. The summed E-state index contributed by atoms with van der Waals surface area (Å²) in [6.45, 7) is 2.29. The molecule has 1 aliphatic rings. The van der Waals surface area contributed by atoms with Gasteiger partial charge < -0.3 is 4.74 Å². The van der Waals surface area contributed by atoms with Crippen LogP contribution in [0.1, 0.15) is 51.9 Å². The average Bonchev–Trinajstić information content (AvgIpc) is 2.38. The highest BCUT2D eigenvalue weighted by Gasteiger charge is 2.57. The van der Waals surface area contributed by atoms with E-state index in [1.807, 2.05) is 6.92 Å². The minimum atomic E-state index is -5.50. The number of halogens is 5. The molecule has 2 nitrogen and oxygen atoms in total. The molecule has 1 aliphatic carbocycles. The molecule has 0 radical (unpaired) electrons. The molecule has 0 saturated heterocycles. The number of hydrogen-bond donors (Lipinski definition) is 0. The molecule has 0 bridgehead atoms. The molecule has 0 atom stereocenters. The lowest BCUT2D eigenvalue weighted by Gasteiger charge is -2.30. The maximum absolute atomic E-state index is 13.0. The van der Waals surface area contributed by atoms with Gasteiger partial charge in [-0.15, -0.1) is 0 Å². The van der Waals surface area contributed by atoms with Crippen molar-refractivity contribution in [2.24, 2.45) is 11.8 Å². The first-order chi connectivity index (χ1) is 9.67. The zero-order valence-electron chi connectivity index (χ0n) is 12.0. The van der Waals surface area contributed by atoms with Gasteiger partial charge in [-0.05, 0) is 38.0 Å². The highest BCUT2D eigenvalue weighted by molar-refractivity contribution is 5.72. The van der Waals surface area contributed by atoms with Gasteiger partial charge in [0.2, 0.25) is 0 Å². The first-order valence-electron chi connectivity index (χ1n) is 7.28. The van der Waals surface area contributed by atoms with E-state index in [9.17, 15) is 26.7 Å². The van der Waals surface area contributed by atoms with Crippen LogP contribution in [0.25, 0.3) is 0 Å². The van der Waals surface area contributed by atoms with Crippen LogP contribution in [0, 0.1) is 11.8 Å². The predicted molar refractivity (Wildman–Crippen MR) is 66.9 cm³/mol. The van der Waals surface area contributed by atoms with E-state index in [0.29, 0.717) is 19.4 Å². The standard InChI is InChI=1S/C14H21F5O2/c1-2-3-8-21-12(20)11-6-4-10(5-7-11)9-13(15,16)14(17,18)19/h10-11H,2-9H2,1H3. The summed E-state index contributed by atoms with van der Waals surface area (Å²) in [6, 6.07) is 0. The van der Waals surface area contributed by atoms with E-state index < -0.39 is 24.4 Å². The van der Waals surface area contributed by atoms with E-state index >= 15 is 0 Å². The van der Waals surface area contributed by atoms with Gasteiger partial charge in [-0.2, -0.15) is 22.0 Å². The van der Waals surface area contributed by atoms with Gasteiger partial charge in [-0.3, -0.25) is 4.79 Å². The van der Waals surface area contributed by atoms with Crippen molar-refractivity contribution in [1.82, 2.24) is 0 Å². The summed E-state index contributed by atoms with van der Waals surface area (Å²) < 4.78 is 67.4. The van der Waals surface area contributed by atoms with Crippen molar-refractivity contribution in [3.05, 3.63) is 0 Å². The third kappa shape index (κ3) is 5.43. The Morgan fingerprint density at radius 1 is 1.10 bits per heavy atom. The monoisotopic (exact) mass is 316 g/mol. The van der Waals surface area contributed by atoms with Gasteiger partial charge in [0.1, 0.15) is 0 Å². The van der Waals surface area contributed by atoms with Gasteiger partial charge in [0.25, 0.3) is 0 Å². The number of carbonyl (C=O) groups is 1. The van der Waals surface area contributed by atoms with Gasteiger partial charge in [0.15, 0.2) is 0 Å². The summed E-state index contributed by atoms with van der Waals surface area (Å²) in [5, 5.41) is 0. The molecule has 0 aromatic rings. The molecule has 0 spiro atoms. The van der Waals surface area contributed by atoms with Gasteiger partial charge >= 0.3 is 18.1 Å². The lowest BCUT2D eigenvalue weighted by molar-refractivity contribution is -0.288. The quantitative estimate of drug-likeness (QED) is 0.402. The molecule has 0 heterocycles. The first-order valence-corrected chi connectivity index (χ1v) is 7.28. The summed E-state index contributed by atoms with van der Waals surface area (Å²) in [5.41, 5.74) is 0. The molecular formula is C14H21F5O2. The van der Waals surface area contributed by atoms with E-state index in [0.717, 1.165) is 12.8 Å². The molecule has 7 heteroatoms. The van der Waals surface area contributed by atoms with Crippen LogP contribution in [0.2, 0.25) is 0 Å². The minimum absolute atomic E-state index is 0.208. The van der Waals surface area contributed by atoms with Gasteiger partial charge in [0.05, 0.1) is 12.5 Å². The molecule has 0 N–H and O–H groups in total. The van der Waals surface area contributed by atoms with Gasteiger partial charge in [-0.1, -0.05) is 13.3 Å². The molecule has 1 saturated carbocycles. The number of alkyl halides is 5. The lowest BCUT2D eigenvalue weighted by atomic mass is 9.79. The molecule has 0 aromatic heterocycles. The Hall–Kier alpha value is -0.880. The summed E-state index contributed by atoms with van der Waals surface area (Å²) in [6.07, 6.45) is -3.96. The van der Waals surface area contributed by atoms with Crippen molar-refractivity contribution in [2.45, 2.75) is 64.0 Å². The first kappa shape index (κ1) is 18.2. The second-order valence-electron chi connectivity index (χ2n) is 5.65. The van der Waals surface area contributed by atoms with Crippen LogP contribution >= 0.6 is 0 Å². The summed E-state index contributed by atoms with van der Waals surface area (Å²) in [4.78, 5) is 11.7. The van der Waals surface area contributed by atoms with Crippen molar-refractivity contribution in [3.8, 4) is 0 Å². The van der Waals surface area contributed by atoms with Crippen molar-refractivity contribution in [2.75, 3.05) is 6.61 Å². The molecule has 0 amide bonds. The molecule has 1 rings (SSSR count). The zero-order chi connectivity index (χ0) is 16.1. The van der Waals surface area contributed by atoms with Gasteiger partial charge in [-0.25, -0.2) is 0 Å². The second-order valence-corrected chi connectivity index (χ2v) is 5.65. The molecule has 21 heavy (non-hydrogen) atoms. The van der Waals surface area contributed by atoms with Gasteiger partial charge in [0, 0.05) is 6.42 Å². The Labute approximate surface area is 121 Å². The minimum Gasteiger partial charge on any atom is -0.465 e. The van der Waals surface area contributed by atoms with Crippen molar-refractivity contribution >= 4 is 5.97 Å². The second kappa shape index (κ2) is 7.40. The van der Waals surface area contributed by atoms with E-state index in [4.69, 9.17) is 4.74 Å². The van der Waals surface area contributed by atoms with E-state index in [1.165, 1.54) is 0 Å². The number of rotatable bonds is 6. The van der Waals surface area contributed by atoms with Crippen molar-refractivity contribution in [1.29, 1.82) is 0 Å². The largest absolute Gasteiger partial charge is 0.465 e. The third-order valence-corrected chi connectivity index (χ3v) is 3.88. The average molecular weight is 316 g/mol. The zero-order valence-corrected chi connectivity index (χ0v) is 12.0. The third-order valence-electron chi connectivity index (χ3n) is 3.88. The topological polar surface area (TPSA) is 26.3 Å². The van der Waals surface area contributed by atoms with Crippen LogP contribution in [0.5, 0.6) is 0 Å². The fourth-order valence-electron chi connectivity index (χ4n) is 2.52. The summed E-state index contributed by atoms with van der Waals surface area (Å²) in [7, 11) is 0. The summed E-state index contributed by atoms with van der Waals surface area (Å²) >= 11 is 0. The van der Waals surface area contributed by atoms with Crippen LogP contribution in [-0.2, 0) is 9.53 Å². The normalized spacial score (nSPS) is 23.9. The SMILES string of the molecule is CCCCOC(=O)C1CCC(CC(F)(F)C(F)(F)F)CC1. The maximum Gasteiger partial charge on any atom is 0.453 e. The highest BCUT2D eigenvalue weighted by atomic mass is 19.4. The number of unbranched alkanes of at least 4 members (excludes halogenated alkanes) is 1. The van der Waals surface area contributed by atoms with Crippen LogP contribution < -0.4 is 0 Å². The van der Waals surface area contributed by atoms with Crippen LogP contribution in [-0.4, -0.2) is 24.7 Å². The van der Waals surface area contributed by atoms with Crippen LogP contribution in [0.4, 0.5) is 22.0 Å². The molecule has 0 aliphatic heterocycles. The molecule has 0 aromatic carbocycles. The Kier molecular flexibility index (Phi) is 6.41. The summed E-state index contributed by atoms with van der Waals surface area (Å²) in [5.74, 6) is -6.06. The predicted octanol–water partition coefficient (Wildman–Crippen LogP) is 4.72. The molecule has 124 valence electrons. The molecular weight excluding hydrogens is 295 g/mol. The Morgan fingerprint density at radius 3 is 2.14 bits per heavy atom. The smallest absolute Gasteiger partial charge is 0.453 e. The fourth-order valence-corrected chi connectivity index (χ4v) is 2.52. The molecule has 0 unspecified atom stereocenters. The van der Waals surface area contributed by atoms with Crippen LogP contribution in [0.3, 0.4) is 0 Å². The van der Waals surface area contributed by atoms with Crippen molar-refractivity contribution in [3.63, 3.8) is 0 Å². The van der Waals surface area contributed by atoms with Crippen LogP contribution in [0.15, 0.2) is 0 Å². The van der Waals surface area contributed by atoms with E-state index in [1.54, 1.807) is 0 Å². The van der Waals surface area contributed by atoms with Crippen molar-refractivity contribution < 1.29 is 31.5 Å². The van der Waals surface area contributed by atoms with E-state index in [-0.39, 0.29) is 24.7 Å². The number of esters is 1. The Balaban J connectivity index is 2.37.